The molecule has 0 aliphatic rings. The van der Waals surface area contributed by atoms with Crippen molar-refractivity contribution in [1.29, 1.82) is 0 Å². The first-order valence-corrected chi connectivity index (χ1v) is 20.5. The minimum Gasteiger partial charge on any atom is -0.310 e. The van der Waals surface area contributed by atoms with Crippen LogP contribution in [0.5, 0.6) is 0 Å². The van der Waals surface area contributed by atoms with Crippen LogP contribution in [0, 0.1) is 0 Å². The van der Waals surface area contributed by atoms with Gasteiger partial charge in [0.25, 0.3) is 0 Å². The van der Waals surface area contributed by atoms with E-state index in [4.69, 9.17) is 0 Å². The number of fused-ring (bicyclic) bond motifs is 5. The average Bonchev–Trinajstić information content (AvgIpc) is 3.22. The van der Waals surface area contributed by atoms with Crippen LogP contribution < -0.4 is 9.80 Å². The van der Waals surface area contributed by atoms with E-state index in [9.17, 15) is 0 Å². The highest BCUT2D eigenvalue weighted by atomic mass is 15.1. The Balaban J connectivity index is 1.41. The molecule has 280 valence electrons. The van der Waals surface area contributed by atoms with Crippen LogP contribution in [0.4, 0.5) is 34.1 Å². The van der Waals surface area contributed by atoms with Gasteiger partial charge in [-0.15, -0.1) is 0 Å². The highest BCUT2D eigenvalue weighted by Crippen LogP contribution is 2.48. The van der Waals surface area contributed by atoms with Crippen LogP contribution in [0.1, 0.15) is 101 Å². The summed E-state index contributed by atoms with van der Waals surface area (Å²) in [6.45, 7) is 18.1. The molecule has 0 fully saturated rings. The quantitative estimate of drug-likeness (QED) is 0.129. The first-order valence-electron chi connectivity index (χ1n) is 20.5. The molecule has 0 N–H and O–H groups in total. The predicted octanol–water partition coefficient (Wildman–Crippen LogP) is 16.6. The van der Waals surface area contributed by atoms with Crippen molar-refractivity contribution in [3.63, 3.8) is 0 Å². The molecule has 0 bridgehead atoms. The Morgan fingerprint density at radius 1 is 0.268 bits per heavy atom. The number of rotatable bonds is 10. The van der Waals surface area contributed by atoms with Crippen molar-refractivity contribution in [1.82, 2.24) is 0 Å². The molecule has 0 radical (unpaired) electrons. The number of nitrogens with zero attached hydrogens (tertiary/aromatic N) is 2. The first kappa shape index (κ1) is 37.1. The Bertz CT molecular complexity index is 2320. The summed E-state index contributed by atoms with van der Waals surface area (Å²) in [7, 11) is 0. The lowest BCUT2D eigenvalue weighted by atomic mass is 9.93. The molecule has 8 rings (SSSR count). The second-order valence-corrected chi connectivity index (χ2v) is 16.6. The van der Waals surface area contributed by atoms with Crippen LogP contribution in [0.3, 0.4) is 0 Å². The van der Waals surface area contributed by atoms with Crippen LogP contribution in [0.25, 0.3) is 32.3 Å². The van der Waals surface area contributed by atoms with Crippen molar-refractivity contribution in [2.75, 3.05) is 9.80 Å². The molecule has 0 atom stereocenters. The molecule has 8 aromatic rings. The normalized spacial score (nSPS) is 11.9. The average molecular weight is 731 g/mol. The van der Waals surface area contributed by atoms with E-state index in [0.717, 1.165) is 22.7 Å². The minimum absolute atomic E-state index is 0.464. The third-order valence-electron chi connectivity index (χ3n) is 11.6. The van der Waals surface area contributed by atoms with Crippen molar-refractivity contribution in [2.24, 2.45) is 0 Å². The maximum atomic E-state index is 2.46. The van der Waals surface area contributed by atoms with Gasteiger partial charge >= 0.3 is 0 Å². The fraction of sp³-hybridized carbons (Fsp3) is 0.222. The molecular formula is C54H54N2. The summed E-state index contributed by atoms with van der Waals surface area (Å²) in [4.78, 5) is 4.91. The molecular weight excluding hydrogens is 677 g/mol. The third kappa shape index (κ3) is 6.94. The van der Waals surface area contributed by atoms with E-state index < -0.39 is 0 Å². The third-order valence-corrected chi connectivity index (χ3v) is 11.6. The van der Waals surface area contributed by atoms with E-state index in [1.54, 1.807) is 0 Å². The van der Waals surface area contributed by atoms with Gasteiger partial charge in [-0.3, -0.25) is 0 Å². The van der Waals surface area contributed by atoms with Crippen LogP contribution in [0.2, 0.25) is 0 Å². The van der Waals surface area contributed by atoms with Gasteiger partial charge in [0, 0.05) is 33.5 Å². The maximum Gasteiger partial charge on any atom is 0.0546 e. The number of hydrogen-bond acceptors (Lipinski definition) is 2. The van der Waals surface area contributed by atoms with E-state index in [0.29, 0.717) is 23.7 Å². The van der Waals surface area contributed by atoms with Gasteiger partial charge in [-0.1, -0.05) is 152 Å². The van der Waals surface area contributed by atoms with Crippen molar-refractivity contribution in [2.45, 2.75) is 79.1 Å². The smallest absolute Gasteiger partial charge is 0.0546 e. The number of anilines is 6. The summed E-state index contributed by atoms with van der Waals surface area (Å²) in [5.74, 6) is 1.85. The number of benzene rings is 8. The molecule has 0 heterocycles. The molecule has 0 aromatic heterocycles. The van der Waals surface area contributed by atoms with Gasteiger partial charge in [-0.05, 0) is 128 Å². The fourth-order valence-corrected chi connectivity index (χ4v) is 8.17. The van der Waals surface area contributed by atoms with Crippen molar-refractivity contribution in [3.05, 3.63) is 180 Å². The van der Waals surface area contributed by atoms with Crippen molar-refractivity contribution in [3.8, 4) is 0 Å². The predicted molar refractivity (Wildman–Crippen MR) is 245 cm³/mol. The van der Waals surface area contributed by atoms with Gasteiger partial charge in [0.2, 0.25) is 0 Å². The molecule has 0 unspecified atom stereocenters. The summed E-state index contributed by atoms with van der Waals surface area (Å²) in [6.07, 6.45) is 0. The van der Waals surface area contributed by atoms with E-state index in [1.807, 2.05) is 0 Å². The molecule has 0 saturated carbocycles. The van der Waals surface area contributed by atoms with E-state index in [-0.39, 0.29) is 0 Å². The summed E-state index contributed by atoms with van der Waals surface area (Å²) < 4.78 is 0. The Labute approximate surface area is 334 Å². The highest BCUT2D eigenvalue weighted by molar-refractivity contribution is 6.24. The molecule has 2 heteroatoms. The van der Waals surface area contributed by atoms with Crippen LogP contribution in [0.15, 0.2) is 158 Å². The monoisotopic (exact) mass is 730 g/mol. The Kier molecular flexibility index (Phi) is 10.2. The standard InChI is InChI=1S/C54H54N2/c1-35(2)39-17-25-43(26-18-39)55(44-27-19-40(20-28-44)36(3)4)53-33-51-48-14-10-12-16-50(48)54(34-52(51)47-13-9-11-15-49(47)53)56(45-29-21-41(22-30-45)37(5)6)46-31-23-42(24-32-46)38(7)8/h9-38H,1-8H3. The van der Waals surface area contributed by atoms with Crippen LogP contribution in [-0.2, 0) is 0 Å². The summed E-state index contributed by atoms with van der Waals surface area (Å²) in [5, 5.41) is 7.39. The first-order chi connectivity index (χ1) is 27.1. The van der Waals surface area contributed by atoms with Gasteiger partial charge in [-0.25, -0.2) is 0 Å². The lowest BCUT2D eigenvalue weighted by molar-refractivity contribution is 0.866. The van der Waals surface area contributed by atoms with Crippen LogP contribution >= 0.6 is 0 Å². The van der Waals surface area contributed by atoms with E-state index >= 15 is 0 Å². The topological polar surface area (TPSA) is 6.48 Å². The molecule has 0 spiro atoms. The number of hydrogen-bond donors (Lipinski definition) is 0. The van der Waals surface area contributed by atoms with Gasteiger partial charge < -0.3 is 9.80 Å². The van der Waals surface area contributed by atoms with Gasteiger partial charge in [-0.2, -0.15) is 0 Å². The zero-order chi connectivity index (χ0) is 39.1. The maximum absolute atomic E-state index is 2.46. The van der Waals surface area contributed by atoms with Gasteiger partial charge in [0.05, 0.1) is 11.4 Å². The largest absolute Gasteiger partial charge is 0.310 e. The Morgan fingerprint density at radius 3 is 0.732 bits per heavy atom. The van der Waals surface area contributed by atoms with Crippen LogP contribution in [-0.4, -0.2) is 0 Å². The molecule has 0 amide bonds. The zero-order valence-electron chi connectivity index (χ0n) is 34.2. The summed E-state index contributed by atoms with van der Waals surface area (Å²) in [6, 6.07) is 59.4. The lowest BCUT2D eigenvalue weighted by Crippen LogP contribution is -2.12. The summed E-state index contributed by atoms with van der Waals surface area (Å²) >= 11 is 0. The lowest BCUT2D eigenvalue weighted by Gasteiger charge is -2.30. The van der Waals surface area contributed by atoms with E-state index in [2.05, 4.69) is 223 Å². The van der Waals surface area contributed by atoms with E-state index in [1.165, 1.54) is 65.9 Å². The molecule has 2 nitrogen and oxygen atoms in total. The molecule has 8 aromatic carbocycles. The Hall–Kier alpha value is -5.86. The molecule has 0 saturated heterocycles. The van der Waals surface area contributed by atoms with Gasteiger partial charge in [0.15, 0.2) is 0 Å². The Morgan fingerprint density at radius 2 is 0.500 bits per heavy atom. The molecule has 56 heavy (non-hydrogen) atoms. The molecule has 0 aliphatic heterocycles. The molecule has 0 aliphatic carbocycles. The van der Waals surface area contributed by atoms with Crippen molar-refractivity contribution < 1.29 is 0 Å². The van der Waals surface area contributed by atoms with Gasteiger partial charge in [0.1, 0.15) is 0 Å². The zero-order valence-corrected chi connectivity index (χ0v) is 34.2. The van der Waals surface area contributed by atoms with Crippen molar-refractivity contribution >= 4 is 66.4 Å². The highest BCUT2D eigenvalue weighted by Gasteiger charge is 2.22. The second kappa shape index (κ2) is 15.3. The SMILES string of the molecule is CC(C)c1ccc(N(c2ccc(C(C)C)cc2)c2cc3c4ccccc4c(N(c4ccc(C(C)C)cc4)c4ccc(C(C)C)cc4)cc3c3ccccc23)cc1. The fourth-order valence-electron chi connectivity index (χ4n) is 8.17. The second-order valence-electron chi connectivity index (χ2n) is 16.6. The minimum atomic E-state index is 0.464. The summed E-state index contributed by atoms with van der Waals surface area (Å²) in [5.41, 5.74) is 12.3.